The number of rotatable bonds is 6. The van der Waals surface area contributed by atoms with E-state index in [-0.39, 0.29) is 39.2 Å². The Balaban J connectivity index is 1.56. The number of ketones is 1. The molecule has 0 saturated heterocycles. The van der Waals surface area contributed by atoms with Gasteiger partial charge in [-0.25, -0.2) is 13.2 Å². The molecule has 8 heteroatoms. The average molecular weight is 522 g/mol. The largest absolute Gasteiger partial charge is 0.506 e. The molecule has 0 bridgehead atoms. The number of Topliss-reactive ketones (excluding diaryl/α,β-unsaturated/α-hetero) is 1. The number of nitrogens with one attached hydrogen (secondary N) is 1. The Labute approximate surface area is 216 Å². The highest BCUT2D eigenvalue weighted by Crippen LogP contribution is 2.49. The molecule has 7 nitrogen and oxygen atoms in total. The van der Waals surface area contributed by atoms with Crippen molar-refractivity contribution < 1.29 is 22.7 Å². The number of aromatic hydroxyl groups is 1. The summed E-state index contributed by atoms with van der Waals surface area (Å²) in [5.41, 5.74) is 1.92. The zero-order valence-electron chi connectivity index (χ0n) is 21.0. The van der Waals surface area contributed by atoms with Crippen molar-refractivity contribution >= 4 is 21.5 Å². The highest BCUT2D eigenvalue weighted by Gasteiger charge is 2.39. The fourth-order valence-electron chi connectivity index (χ4n) is 5.52. The second kappa shape index (κ2) is 9.82. The molecule has 1 heterocycles. The van der Waals surface area contributed by atoms with E-state index >= 15 is 0 Å². The average Bonchev–Trinajstić information content (AvgIpc) is 3.64. The van der Waals surface area contributed by atoms with Crippen LogP contribution in [-0.4, -0.2) is 19.3 Å². The lowest BCUT2D eigenvalue weighted by Gasteiger charge is -2.21. The van der Waals surface area contributed by atoms with Crippen molar-refractivity contribution in [1.82, 2.24) is 0 Å². The summed E-state index contributed by atoms with van der Waals surface area (Å²) in [4.78, 5) is 26.3. The molecule has 2 aliphatic carbocycles. The molecule has 0 radical (unpaired) electrons. The molecule has 2 N–H and O–H groups in total. The van der Waals surface area contributed by atoms with Crippen molar-refractivity contribution in [2.75, 3.05) is 4.72 Å². The third kappa shape index (κ3) is 4.94. The molecule has 1 aromatic heterocycles. The summed E-state index contributed by atoms with van der Waals surface area (Å²) in [5.74, 6) is -0.649. The van der Waals surface area contributed by atoms with Gasteiger partial charge in [-0.2, -0.15) is 0 Å². The van der Waals surface area contributed by atoms with E-state index in [0.29, 0.717) is 35.2 Å². The maximum atomic E-state index is 13.3. The molecule has 0 spiro atoms. The van der Waals surface area contributed by atoms with E-state index in [2.05, 4.69) is 4.72 Å². The van der Waals surface area contributed by atoms with Gasteiger partial charge in [-0.3, -0.25) is 9.52 Å². The van der Waals surface area contributed by atoms with E-state index in [0.717, 1.165) is 32.1 Å². The second-order valence-corrected chi connectivity index (χ2v) is 11.8. The molecule has 1 saturated carbocycles. The fraction of sp³-hybridized carbons (Fsp3) is 0.379. The number of sulfonamides is 1. The van der Waals surface area contributed by atoms with Gasteiger partial charge in [0.15, 0.2) is 5.78 Å². The molecule has 2 aromatic carbocycles. The van der Waals surface area contributed by atoms with Crippen molar-refractivity contribution in [3.05, 3.63) is 86.5 Å². The van der Waals surface area contributed by atoms with Crippen LogP contribution in [0.5, 0.6) is 5.75 Å². The van der Waals surface area contributed by atoms with Gasteiger partial charge in [-0.05, 0) is 74.3 Å². The lowest BCUT2D eigenvalue weighted by Crippen LogP contribution is -2.21. The molecule has 5 rings (SSSR count). The van der Waals surface area contributed by atoms with E-state index in [1.54, 1.807) is 44.2 Å². The Bertz CT molecular complexity index is 1510. The third-order valence-corrected chi connectivity index (χ3v) is 9.06. The van der Waals surface area contributed by atoms with E-state index in [1.165, 1.54) is 0 Å². The SMILES string of the molecule is Cc1cccc(C)c1S(=O)(=O)Nc1cccc(C(c2c(O)c3c(oc2=O)CCCCCC3=O)C2CC2)c1. The van der Waals surface area contributed by atoms with E-state index < -0.39 is 21.6 Å². The van der Waals surface area contributed by atoms with Crippen molar-refractivity contribution in [2.45, 2.75) is 69.6 Å². The first-order valence-corrected chi connectivity index (χ1v) is 14.3. The zero-order valence-corrected chi connectivity index (χ0v) is 21.9. The number of anilines is 1. The summed E-state index contributed by atoms with van der Waals surface area (Å²) in [6, 6.07) is 12.2. The number of carbonyl (C=O) groups is 1. The minimum atomic E-state index is -3.85. The normalized spacial score (nSPS) is 17.0. The summed E-state index contributed by atoms with van der Waals surface area (Å²) in [7, 11) is -3.85. The summed E-state index contributed by atoms with van der Waals surface area (Å²) in [5, 5.41) is 11.3. The van der Waals surface area contributed by atoms with Gasteiger partial charge in [0.1, 0.15) is 11.5 Å². The molecular weight excluding hydrogens is 490 g/mol. The lowest BCUT2D eigenvalue weighted by molar-refractivity contribution is 0.0968. The lowest BCUT2D eigenvalue weighted by atomic mass is 9.85. The monoisotopic (exact) mass is 521 g/mol. The van der Waals surface area contributed by atoms with Gasteiger partial charge in [-0.15, -0.1) is 0 Å². The van der Waals surface area contributed by atoms with Crippen LogP contribution in [0.4, 0.5) is 5.69 Å². The second-order valence-electron chi connectivity index (χ2n) is 10.2. The minimum absolute atomic E-state index is 0.0842. The van der Waals surface area contributed by atoms with Crippen LogP contribution >= 0.6 is 0 Å². The molecule has 37 heavy (non-hydrogen) atoms. The van der Waals surface area contributed by atoms with Crippen LogP contribution in [0.25, 0.3) is 0 Å². The van der Waals surface area contributed by atoms with E-state index in [4.69, 9.17) is 4.42 Å². The third-order valence-electron chi connectivity index (χ3n) is 7.37. The zero-order chi connectivity index (χ0) is 26.3. The standard InChI is InChI=1S/C29H31NO6S/c1-17-8-6-9-18(2)28(17)37(34,35)30-21-11-7-10-20(16-21)24(19-14-15-19)26-27(32)25-22(31)12-4-3-5-13-23(25)36-29(26)33/h6-11,16,19,24,30,32H,3-5,12-15H2,1-2H3. The topological polar surface area (TPSA) is 114 Å². The van der Waals surface area contributed by atoms with E-state index in [9.17, 15) is 23.1 Å². The molecule has 3 aromatic rings. The Hall–Kier alpha value is -3.39. The number of aryl methyl sites for hydroxylation is 3. The molecule has 1 fully saturated rings. The van der Waals surface area contributed by atoms with Crippen LogP contribution in [0.2, 0.25) is 0 Å². The van der Waals surface area contributed by atoms with E-state index in [1.807, 2.05) is 12.1 Å². The number of hydrogen-bond donors (Lipinski definition) is 2. The Kier molecular flexibility index (Phi) is 6.70. The van der Waals surface area contributed by atoms with Gasteiger partial charge in [-0.1, -0.05) is 36.8 Å². The summed E-state index contributed by atoms with van der Waals surface area (Å²) in [6.45, 7) is 3.51. The first-order valence-electron chi connectivity index (χ1n) is 12.8. The maximum absolute atomic E-state index is 13.3. The van der Waals surface area contributed by atoms with Crippen molar-refractivity contribution in [3.63, 3.8) is 0 Å². The van der Waals surface area contributed by atoms with Crippen molar-refractivity contribution in [3.8, 4) is 5.75 Å². The summed E-state index contributed by atoms with van der Waals surface area (Å²) < 4.78 is 34.8. The predicted octanol–water partition coefficient (Wildman–Crippen LogP) is 5.60. The molecule has 0 amide bonds. The number of carbonyl (C=O) groups excluding carboxylic acids is 1. The van der Waals surface area contributed by atoms with Gasteiger partial charge < -0.3 is 9.52 Å². The molecule has 194 valence electrons. The number of fused-ring (bicyclic) bond motifs is 1. The molecule has 1 atom stereocenters. The summed E-state index contributed by atoms with van der Waals surface area (Å²) in [6.07, 6.45) is 4.84. The van der Waals surface area contributed by atoms with Gasteiger partial charge in [0.2, 0.25) is 0 Å². The van der Waals surface area contributed by atoms with Gasteiger partial charge in [0, 0.05) is 24.4 Å². The molecule has 1 unspecified atom stereocenters. The highest BCUT2D eigenvalue weighted by atomic mass is 32.2. The van der Waals surface area contributed by atoms with Gasteiger partial charge in [0.25, 0.3) is 10.0 Å². The number of benzene rings is 2. The summed E-state index contributed by atoms with van der Waals surface area (Å²) >= 11 is 0. The fourth-order valence-corrected chi connectivity index (χ4v) is 7.04. The van der Waals surface area contributed by atoms with Crippen molar-refractivity contribution in [1.29, 1.82) is 0 Å². The minimum Gasteiger partial charge on any atom is -0.506 e. The number of hydrogen-bond acceptors (Lipinski definition) is 6. The van der Waals surface area contributed by atoms with Crippen LogP contribution in [0.3, 0.4) is 0 Å². The van der Waals surface area contributed by atoms with Gasteiger partial charge >= 0.3 is 5.63 Å². The maximum Gasteiger partial charge on any atom is 0.343 e. The Morgan fingerprint density at radius 3 is 2.35 bits per heavy atom. The Morgan fingerprint density at radius 2 is 1.65 bits per heavy atom. The van der Waals surface area contributed by atoms with Gasteiger partial charge in [0.05, 0.1) is 16.0 Å². The quantitative estimate of drug-likeness (QED) is 0.436. The highest BCUT2D eigenvalue weighted by molar-refractivity contribution is 7.92. The molecule has 0 aliphatic heterocycles. The Morgan fingerprint density at radius 1 is 0.973 bits per heavy atom. The smallest absolute Gasteiger partial charge is 0.343 e. The molecular formula is C29H31NO6S. The van der Waals surface area contributed by atoms with Crippen LogP contribution < -0.4 is 10.3 Å². The first-order chi connectivity index (χ1) is 17.7. The first kappa shape index (κ1) is 25.3. The van der Waals surface area contributed by atoms with Crippen LogP contribution in [0.1, 0.15) is 82.8 Å². The molecule has 2 aliphatic rings. The van der Waals surface area contributed by atoms with Crippen LogP contribution in [-0.2, 0) is 16.4 Å². The van der Waals surface area contributed by atoms with Crippen LogP contribution in [0.15, 0.2) is 56.6 Å². The van der Waals surface area contributed by atoms with Crippen LogP contribution in [0, 0.1) is 19.8 Å². The van der Waals surface area contributed by atoms with Crippen molar-refractivity contribution in [2.24, 2.45) is 5.92 Å². The predicted molar refractivity (Wildman–Crippen MR) is 141 cm³/mol.